The van der Waals surface area contributed by atoms with Crippen molar-refractivity contribution in [3.05, 3.63) is 10.6 Å². The number of nitrogens with one attached hydrogen (secondary N) is 1. The van der Waals surface area contributed by atoms with Gasteiger partial charge in [0.2, 0.25) is 5.91 Å². The first-order chi connectivity index (χ1) is 6.54. The Hall–Kier alpha value is -0.900. The smallest absolute Gasteiger partial charge is 0.223 e. The van der Waals surface area contributed by atoms with Crippen molar-refractivity contribution in [3.63, 3.8) is 0 Å². The summed E-state index contributed by atoms with van der Waals surface area (Å²) in [5.41, 5.74) is 1.11. The fourth-order valence-electron chi connectivity index (χ4n) is 1.27. The van der Waals surface area contributed by atoms with Gasteiger partial charge in [0.25, 0.3) is 0 Å². The highest BCUT2D eigenvalue weighted by Gasteiger charge is 2.12. The SMILES string of the molecule is CCc1nc(NC(C)=O)sc1C(C)C. The molecule has 0 aliphatic carbocycles. The van der Waals surface area contributed by atoms with Crippen molar-refractivity contribution in [1.82, 2.24) is 4.98 Å². The molecule has 0 aliphatic rings. The molecule has 0 atom stereocenters. The summed E-state index contributed by atoms with van der Waals surface area (Å²) in [4.78, 5) is 16.5. The van der Waals surface area contributed by atoms with Gasteiger partial charge in [-0.2, -0.15) is 0 Å². The Labute approximate surface area is 88.6 Å². The van der Waals surface area contributed by atoms with Crippen LogP contribution >= 0.6 is 11.3 Å². The van der Waals surface area contributed by atoms with E-state index < -0.39 is 0 Å². The number of anilines is 1. The number of thiazole rings is 1. The molecule has 4 heteroatoms. The average Bonchev–Trinajstić information content (AvgIpc) is 2.46. The standard InChI is InChI=1S/C10H16N2OS/c1-5-8-9(6(2)3)14-10(12-8)11-7(4)13/h6H,5H2,1-4H3,(H,11,12,13). The third-order valence-electron chi connectivity index (χ3n) is 1.87. The molecule has 0 bridgehead atoms. The first-order valence-electron chi connectivity index (χ1n) is 4.81. The van der Waals surface area contributed by atoms with Crippen LogP contribution in [-0.4, -0.2) is 10.9 Å². The van der Waals surface area contributed by atoms with Crippen LogP contribution in [0.15, 0.2) is 0 Å². The number of rotatable bonds is 3. The molecule has 1 aromatic heterocycles. The Morgan fingerprint density at radius 2 is 2.21 bits per heavy atom. The number of hydrogen-bond acceptors (Lipinski definition) is 3. The van der Waals surface area contributed by atoms with Crippen LogP contribution in [0.5, 0.6) is 0 Å². The van der Waals surface area contributed by atoms with Gasteiger partial charge in [-0.25, -0.2) is 4.98 Å². The van der Waals surface area contributed by atoms with Crippen LogP contribution in [0, 0.1) is 0 Å². The molecule has 1 amide bonds. The summed E-state index contributed by atoms with van der Waals surface area (Å²) in [6.07, 6.45) is 0.920. The fourth-order valence-corrected chi connectivity index (χ4v) is 2.37. The lowest BCUT2D eigenvalue weighted by Crippen LogP contribution is -2.05. The summed E-state index contributed by atoms with van der Waals surface area (Å²) >= 11 is 1.58. The molecule has 1 N–H and O–H groups in total. The normalized spacial score (nSPS) is 10.6. The maximum Gasteiger partial charge on any atom is 0.223 e. The molecular weight excluding hydrogens is 196 g/mol. The molecule has 0 unspecified atom stereocenters. The van der Waals surface area contributed by atoms with Crippen molar-refractivity contribution in [2.75, 3.05) is 5.32 Å². The topological polar surface area (TPSA) is 42.0 Å². The summed E-state index contributed by atoms with van der Waals surface area (Å²) in [6.45, 7) is 7.87. The number of aromatic nitrogens is 1. The number of carbonyl (C=O) groups is 1. The van der Waals surface area contributed by atoms with E-state index in [1.54, 1.807) is 11.3 Å². The van der Waals surface area contributed by atoms with Gasteiger partial charge in [-0.1, -0.05) is 20.8 Å². The number of nitrogens with zero attached hydrogens (tertiary/aromatic N) is 1. The quantitative estimate of drug-likeness (QED) is 0.837. The second-order valence-corrected chi connectivity index (χ2v) is 4.55. The first kappa shape index (κ1) is 11.2. The number of amides is 1. The molecule has 0 aliphatic heterocycles. The van der Waals surface area contributed by atoms with E-state index in [1.807, 2.05) is 0 Å². The predicted molar refractivity (Wildman–Crippen MR) is 59.9 cm³/mol. The van der Waals surface area contributed by atoms with Gasteiger partial charge in [-0.3, -0.25) is 4.79 Å². The van der Waals surface area contributed by atoms with Crippen molar-refractivity contribution in [3.8, 4) is 0 Å². The monoisotopic (exact) mass is 212 g/mol. The second-order valence-electron chi connectivity index (χ2n) is 3.52. The van der Waals surface area contributed by atoms with Gasteiger partial charge in [0.1, 0.15) is 0 Å². The van der Waals surface area contributed by atoms with E-state index in [9.17, 15) is 4.79 Å². The van der Waals surface area contributed by atoms with E-state index in [4.69, 9.17) is 0 Å². The average molecular weight is 212 g/mol. The number of aryl methyl sites for hydroxylation is 1. The van der Waals surface area contributed by atoms with Crippen molar-refractivity contribution >= 4 is 22.4 Å². The molecule has 0 saturated heterocycles. The molecule has 0 fully saturated rings. The summed E-state index contributed by atoms with van der Waals surface area (Å²) in [6, 6.07) is 0. The lowest BCUT2D eigenvalue weighted by atomic mass is 10.1. The molecule has 1 aromatic rings. The maximum absolute atomic E-state index is 10.8. The van der Waals surface area contributed by atoms with Crippen LogP contribution < -0.4 is 5.32 Å². The van der Waals surface area contributed by atoms with Crippen molar-refractivity contribution in [1.29, 1.82) is 0 Å². The Balaban J connectivity index is 2.94. The van der Waals surface area contributed by atoms with Crippen LogP contribution in [0.25, 0.3) is 0 Å². The van der Waals surface area contributed by atoms with Crippen LogP contribution in [0.3, 0.4) is 0 Å². The van der Waals surface area contributed by atoms with E-state index >= 15 is 0 Å². The Morgan fingerprint density at radius 1 is 1.57 bits per heavy atom. The fraction of sp³-hybridized carbons (Fsp3) is 0.600. The van der Waals surface area contributed by atoms with E-state index in [2.05, 4.69) is 31.1 Å². The molecule has 0 spiro atoms. The molecule has 14 heavy (non-hydrogen) atoms. The van der Waals surface area contributed by atoms with Gasteiger partial charge < -0.3 is 5.32 Å². The van der Waals surface area contributed by atoms with Gasteiger partial charge in [0.05, 0.1) is 5.69 Å². The van der Waals surface area contributed by atoms with Gasteiger partial charge in [0.15, 0.2) is 5.13 Å². The van der Waals surface area contributed by atoms with Crippen molar-refractivity contribution in [2.45, 2.75) is 40.0 Å². The minimum atomic E-state index is -0.0586. The van der Waals surface area contributed by atoms with Crippen LogP contribution in [0.2, 0.25) is 0 Å². The lowest BCUT2D eigenvalue weighted by Gasteiger charge is -2.01. The Morgan fingerprint density at radius 3 is 2.57 bits per heavy atom. The molecule has 3 nitrogen and oxygen atoms in total. The van der Waals surface area contributed by atoms with Gasteiger partial charge in [0, 0.05) is 11.8 Å². The van der Waals surface area contributed by atoms with Crippen LogP contribution in [0.4, 0.5) is 5.13 Å². The molecular formula is C10H16N2OS. The minimum absolute atomic E-state index is 0.0586. The Kier molecular flexibility index (Phi) is 3.63. The predicted octanol–water partition coefficient (Wildman–Crippen LogP) is 2.79. The van der Waals surface area contributed by atoms with Gasteiger partial charge in [-0.05, 0) is 12.3 Å². The minimum Gasteiger partial charge on any atom is -0.302 e. The van der Waals surface area contributed by atoms with Gasteiger partial charge >= 0.3 is 0 Å². The molecule has 0 saturated carbocycles. The van der Waals surface area contributed by atoms with Gasteiger partial charge in [-0.15, -0.1) is 11.3 Å². The first-order valence-corrected chi connectivity index (χ1v) is 5.63. The summed E-state index contributed by atoms with van der Waals surface area (Å²) in [5, 5.41) is 3.44. The highest BCUT2D eigenvalue weighted by Crippen LogP contribution is 2.29. The summed E-state index contributed by atoms with van der Waals surface area (Å²) < 4.78 is 0. The molecule has 1 heterocycles. The van der Waals surface area contributed by atoms with E-state index in [-0.39, 0.29) is 5.91 Å². The van der Waals surface area contributed by atoms with E-state index in [0.717, 1.165) is 17.2 Å². The van der Waals surface area contributed by atoms with Crippen molar-refractivity contribution < 1.29 is 4.79 Å². The lowest BCUT2D eigenvalue weighted by molar-refractivity contribution is -0.114. The van der Waals surface area contributed by atoms with E-state index in [1.165, 1.54) is 11.8 Å². The number of hydrogen-bond donors (Lipinski definition) is 1. The zero-order valence-corrected chi connectivity index (χ0v) is 9.86. The second kappa shape index (κ2) is 4.55. The molecule has 0 radical (unpaired) electrons. The van der Waals surface area contributed by atoms with Crippen LogP contribution in [-0.2, 0) is 11.2 Å². The number of carbonyl (C=O) groups excluding carboxylic acids is 1. The van der Waals surface area contributed by atoms with Crippen molar-refractivity contribution in [2.24, 2.45) is 0 Å². The molecule has 78 valence electrons. The van der Waals surface area contributed by atoms with Crippen LogP contribution in [0.1, 0.15) is 44.2 Å². The third-order valence-corrected chi connectivity index (χ3v) is 3.18. The zero-order chi connectivity index (χ0) is 10.7. The maximum atomic E-state index is 10.8. The summed E-state index contributed by atoms with van der Waals surface area (Å²) in [5.74, 6) is 0.418. The van der Waals surface area contributed by atoms with E-state index in [0.29, 0.717) is 5.92 Å². The zero-order valence-electron chi connectivity index (χ0n) is 9.05. The molecule has 0 aromatic carbocycles. The Bertz CT molecular complexity index is 331. The highest BCUT2D eigenvalue weighted by molar-refractivity contribution is 7.16. The summed E-state index contributed by atoms with van der Waals surface area (Å²) in [7, 11) is 0. The highest BCUT2D eigenvalue weighted by atomic mass is 32.1. The third kappa shape index (κ3) is 2.54. The molecule has 1 rings (SSSR count). The largest absolute Gasteiger partial charge is 0.302 e.